The molecule has 0 aliphatic heterocycles. The van der Waals surface area contributed by atoms with Crippen molar-refractivity contribution >= 4 is 34.1 Å². The molecule has 8 aromatic carbocycles. The molecule has 0 aromatic heterocycles. The molecular weight excluding hydrogens is 785 g/mol. The van der Waals surface area contributed by atoms with Crippen LogP contribution in [0.1, 0.15) is 100 Å². The van der Waals surface area contributed by atoms with Gasteiger partial charge in [0.05, 0.1) is 0 Å². The van der Waals surface area contributed by atoms with Gasteiger partial charge in [-0.3, -0.25) is 0 Å². The number of aryl methyl sites for hydroxylation is 2. The van der Waals surface area contributed by atoms with E-state index in [-0.39, 0.29) is 5.41 Å². The Labute approximate surface area is 389 Å². The van der Waals surface area contributed by atoms with Gasteiger partial charge in [0.2, 0.25) is 0 Å². The van der Waals surface area contributed by atoms with Crippen molar-refractivity contribution < 1.29 is 0 Å². The summed E-state index contributed by atoms with van der Waals surface area (Å²) in [5, 5.41) is 0. The van der Waals surface area contributed by atoms with E-state index in [4.69, 9.17) is 0 Å². The van der Waals surface area contributed by atoms with Crippen LogP contribution in [0.5, 0.6) is 0 Å². The second-order valence-corrected chi connectivity index (χ2v) is 18.3. The fraction of sp³-hybridized carbons (Fsp3) is 0.238. The zero-order valence-electron chi connectivity index (χ0n) is 38.9. The molecule has 0 atom stereocenters. The Balaban J connectivity index is 1.09. The highest BCUT2D eigenvalue weighted by Crippen LogP contribution is 2.56. The second kappa shape index (κ2) is 20.0. The lowest BCUT2D eigenvalue weighted by molar-refractivity contribution is 0.401. The highest BCUT2D eigenvalue weighted by molar-refractivity contribution is 5.87. The van der Waals surface area contributed by atoms with Gasteiger partial charge in [-0.15, -0.1) is 0 Å². The van der Waals surface area contributed by atoms with Gasteiger partial charge in [0.15, 0.2) is 0 Å². The Hall–Kier alpha value is -6.64. The van der Waals surface area contributed by atoms with Crippen molar-refractivity contribution in [3.63, 3.8) is 0 Å². The maximum Gasteiger partial charge on any atom is 0.0462 e. The lowest BCUT2D eigenvalue weighted by Crippen LogP contribution is -2.25. The molecule has 0 heterocycles. The highest BCUT2D eigenvalue weighted by atomic mass is 15.1. The predicted octanol–water partition coefficient (Wildman–Crippen LogP) is 18.8. The first-order valence-corrected chi connectivity index (χ1v) is 24.3. The molecular formula is C63H64N2. The summed E-state index contributed by atoms with van der Waals surface area (Å²) < 4.78 is 0. The minimum absolute atomic E-state index is 0.0385. The van der Waals surface area contributed by atoms with Crippen LogP contribution in [-0.2, 0) is 5.41 Å². The molecule has 1 aliphatic carbocycles. The first-order chi connectivity index (χ1) is 32.0. The molecule has 0 saturated heterocycles. The summed E-state index contributed by atoms with van der Waals surface area (Å²) in [6.07, 6.45) is 12.4. The van der Waals surface area contributed by atoms with Crippen molar-refractivity contribution in [2.45, 2.75) is 97.3 Å². The molecule has 0 N–H and O–H groups in total. The van der Waals surface area contributed by atoms with E-state index in [0.29, 0.717) is 0 Å². The van der Waals surface area contributed by atoms with Crippen LogP contribution >= 0.6 is 0 Å². The highest BCUT2D eigenvalue weighted by Gasteiger charge is 2.42. The number of benzene rings is 8. The van der Waals surface area contributed by atoms with E-state index in [2.05, 4.69) is 232 Å². The molecule has 1 aliphatic rings. The van der Waals surface area contributed by atoms with Crippen LogP contribution in [0.4, 0.5) is 34.1 Å². The number of fused-ring (bicyclic) bond motifs is 3. The second-order valence-electron chi connectivity index (χ2n) is 18.3. The van der Waals surface area contributed by atoms with Crippen molar-refractivity contribution in [3.05, 3.63) is 216 Å². The Morgan fingerprint density at radius 1 is 0.323 bits per heavy atom. The number of hydrogen-bond acceptors (Lipinski definition) is 2. The van der Waals surface area contributed by atoms with Crippen LogP contribution < -0.4 is 9.80 Å². The molecule has 0 spiro atoms. The molecule has 8 aromatic rings. The van der Waals surface area contributed by atoms with Crippen LogP contribution in [0, 0.1) is 13.8 Å². The van der Waals surface area contributed by atoms with Gasteiger partial charge in [-0.1, -0.05) is 186 Å². The summed E-state index contributed by atoms with van der Waals surface area (Å²) >= 11 is 0. The molecule has 65 heavy (non-hydrogen) atoms. The van der Waals surface area contributed by atoms with Crippen molar-refractivity contribution in [2.75, 3.05) is 9.80 Å². The zero-order valence-corrected chi connectivity index (χ0v) is 38.9. The third-order valence-electron chi connectivity index (χ3n) is 13.8. The topological polar surface area (TPSA) is 6.48 Å². The van der Waals surface area contributed by atoms with Gasteiger partial charge in [-0.25, -0.2) is 0 Å². The van der Waals surface area contributed by atoms with E-state index in [1.165, 1.54) is 120 Å². The molecule has 9 rings (SSSR count). The molecule has 0 radical (unpaired) electrons. The number of nitrogens with zero attached hydrogens (tertiary/aromatic N) is 2. The van der Waals surface area contributed by atoms with E-state index in [1.807, 2.05) is 0 Å². The monoisotopic (exact) mass is 849 g/mol. The summed E-state index contributed by atoms with van der Waals surface area (Å²) in [5.74, 6) is 0. The quantitative estimate of drug-likeness (QED) is 0.0794. The molecule has 0 unspecified atom stereocenters. The van der Waals surface area contributed by atoms with Gasteiger partial charge in [-0.05, 0) is 156 Å². The van der Waals surface area contributed by atoms with Crippen LogP contribution in [0.15, 0.2) is 194 Å². The third kappa shape index (κ3) is 9.32. The summed E-state index contributed by atoms with van der Waals surface area (Å²) in [5.41, 5.74) is 20.4. The van der Waals surface area contributed by atoms with Crippen LogP contribution in [-0.4, -0.2) is 0 Å². The maximum absolute atomic E-state index is 2.58. The van der Waals surface area contributed by atoms with E-state index in [9.17, 15) is 0 Å². The van der Waals surface area contributed by atoms with Gasteiger partial charge >= 0.3 is 0 Å². The average molecular weight is 849 g/mol. The van der Waals surface area contributed by atoms with Gasteiger partial charge in [0.1, 0.15) is 0 Å². The zero-order chi connectivity index (χ0) is 44.6. The van der Waals surface area contributed by atoms with Gasteiger partial charge in [-0.2, -0.15) is 0 Å². The first kappa shape index (κ1) is 43.6. The van der Waals surface area contributed by atoms with Crippen molar-refractivity contribution in [2.24, 2.45) is 0 Å². The summed E-state index contributed by atoms with van der Waals surface area (Å²) in [4.78, 5) is 4.71. The fourth-order valence-corrected chi connectivity index (χ4v) is 10.3. The van der Waals surface area contributed by atoms with Gasteiger partial charge < -0.3 is 9.80 Å². The average Bonchev–Trinajstić information content (AvgIpc) is 3.62. The molecule has 0 saturated carbocycles. The minimum atomic E-state index is -0.0385. The molecule has 0 fully saturated rings. The molecule has 326 valence electrons. The summed E-state index contributed by atoms with van der Waals surface area (Å²) in [6, 6.07) is 72.4. The number of rotatable bonds is 18. The van der Waals surface area contributed by atoms with Gasteiger partial charge in [0.25, 0.3) is 0 Å². The van der Waals surface area contributed by atoms with Crippen LogP contribution in [0.3, 0.4) is 0 Å². The first-order valence-electron chi connectivity index (χ1n) is 24.3. The van der Waals surface area contributed by atoms with E-state index in [0.717, 1.165) is 34.1 Å². The number of hydrogen-bond donors (Lipinski definition) is 0. The summed E-state index contributed by atoms with van der Waals surface area (Å²) in [7, 11) is 0. The lowest BCUT2D eigenvalue weighted by atomic mass is 9.70. The van der Waals surface area contributed by atoms with Crippen molar-refractivity contribution in [1.82, 2.24) is 0 Å². The molecule has 2 nitrogen and oxygen atoms in total. The fourth-order valence-electron chi connectivity index (χ4n) is 10.3. The Bertz CT molecular complexity index is 2570. The van der Waals surface area contributed by atoms with Crippen molar-refractivity contribution in [1.29, 1.82) is 0 Å². The third-order valence-corrected chi connectivity index (χ3v) is 13.8. The number of para-hydroxylation sites is 2. The maximum atomic E-state index is 2.58. The Kier molecular flexibility index (Phi) is 13.4. The van der Waals surface area contributed by atoms with E-state index >= 15 is 0 Å². The van der Waals surface area contributed by atoms with Crippen molar-refractivity contribution in [3.8, 4) is 33.4 Å². The molecule has 2 heteroatoms. The van der Waals surface area contributed by atoms with E-state index < -0.39 is 0 Å². The minimum Gasteiger partial charge on any atom is -0.311 e. The molecule has 0 bridgehead atoms. The SMILES string of the molecule is CCCCCCC1(CCCCCC)c2cc(-c3ccc(N(c4ccccc4)c4ccc(C)cc4)cc3)ccc2-c2ccc(-c3ccc(N(c4ccccc4)c4ccc(C)cc4)cc3)cc21. The number of unbranched alkanes of at least 4 members (excludes halogenated alkanes) is 6. The number of anilines is 6. The predicted molar refractivity (Wildman–Crippen MR) is 280 cm³/mol. The normalized spacial score (nSPS) is 12.4. The smallest absolute Gasteiger partial charge is 0.0462 e. The van der Waals surface area contributed by atoms with Crippen LogP contribution in [0.2, 0.25) is 0 Å². The lowest BCUT2D eigenvalue weighted by Gasteiger charge is -2.33. The van der Waals surface area contributed by atoms with E-state index in [1.54, 1.807) is 0 Å². The standard InChI is InChI=1S/C63H64N2/c1-5-7-9-17-43-63(44-18-10-8-6-2)61-45-51(49-27-37-57(38-28-49)64(53-19-13-11-14-20-53)55-33-23-47(3)24-34-55)31-41-59(61)60-42-32-52(46-62(60)63)50-29-39-58(40-30-50)65(54-21-15-12-16-22-54)56-35-25-48(4)26-36-56/h11-16,19-42,45-46H,5-10,17-18,43-44H2,1-4H3. The van der Waals surface area contributed by atoms with Crippen LogP contribution in [0.25, 0.3) is 33.4 Å². The Morgan fingerprint density at radius 2 is 0.646 bits per heavy atom. The largest absolute Gasteiger partial charge is 0.311 e. The summed E-state index contributed by atoms with van der Waals surface area (Å²) in [6.45, 7) is 8.96. The van der Waals surface area contributed by atoms with Gasteiger partial charge in [0, 0.05) is 39.5 Å². The Morgan fingerprint density at radius 3 is 1.00 bits per heavy atom. The molecule has 0 amide bonds.